The Balaban J connectivity index is 2.08. The molecule has 0 N–H and O–H groups in total. The summed E-state index contributed by atoms with van der Waals surface area (Å²) in [6, 6.07) is 11.2. The summed E-state index contributed by atoms with van der Waals surface area (Å²) in [5.41, 5.74) is 1.71. The quantitative estimate of drug-likeness (QED) is 0.506. The summed E-state index contributed by atoms with van der Waals surface area (Å²) in [5.74, 6) is -1.36. The monoisotopic (exact) mass is 469 g/mol. The van der Waals surface area contributed by atoms with Gasteiger partial charge in [0, 0.05) is 18.9 Å². The molecule has 0 unspecified atom stereocenters. The molecule has 1 heterocycles. The fourth-order valence-electron chi connectivity index (χ4n) is 3.81. The Bertz CT molecular complexity index is 1070. The highest BCUT2D eigenvalue weighted by molar-refractivity contribution is 5.98. The number of esters is 2. The standard InChI is InChI=1S/C26H28FNO6/c1-5-33-25(29)20-15-28(14-17-10-11-22(31-3)23(12-17)32-4)16-21(26(30)34-6-2)24(20)18-8-7-9-19(27)13-18/h7-13,15-16,24H,5-6,14H2,1-4H3. The van der Waals surface area contributed by atoms with Gasteiger partial charge in [-0.3, -0.25) is 0 Å². The minimum Gasteiger partial charge on any atom is -0.493 e. The van der Waals surface area contributed by atoms with Crippen molar-refractivity contribution in [2.75, 3.05) is 27.4 Å². The SMILES string of the molecule is CCOC(=O)C1=CN(Cc2ccc(OC)c(OC)c2)C=C(C(=O)OCC)C1c1cccc(F)c1. The van der Waals surface area contributed by atoms with Crippen LogP contribution in [0, 0.1) is 5.82 Å². The molecule has 3 rings (SSSR count). The maximum absolute atomic E-state index is 14.1. The van der Waals surface area contributed by atoms with Crippen LogP contribution in [0.2, 0.25) is 0 Å². The van der Waals surface area contributed by atoms with Gasteiger partial charge in [0.2, 0.25) is 0 Å². The lowest BCUT2D eigenvalue weighted by molar-refractivity contribution is -0.139. The van der Waals surface area contributed by atoms with E-state index in [2.05, 4.69) is 0 Å². The number of methoxy groups -OCH3 is 2. The van der Waals surface area contributed by atoms with Gasteiger partial charge < -0.3 is 23.8 Å². The van der Waals surface area contributed by atoms with E-state index in [1.165, 1.54) is 18.2 Å². The Morgan fingerprint density at radius 2 is 1.50 bits per heavy atom. The minimum atomic E-state index is -0.838. The minimum absolute atomic E-state index is 0.153. The lowest BCUT2D eigenvalue weighted by atomic mass is 9.83. The number of carbonyl (C=O) groups excluding carboxylic acids is 2. The Morgan fingerprint density at radius 1 is 0.882 bits per heavy atom. The van der Waals surface area contributed by atoms with Crippen LogP contribution in [0.15, 0.2) is 66.0 Å². The number of hydrogen-bond acceptors (Lipinski definition) is 7. The smallest absolute Gasteiger partial charge is 0.336 e. The summed E-state index contributed by atoms with van der Waals surface area (Å²) in [4.78, 5) is 27.6. The lowest BCUT2D eigenvalue weighted by Gasteiger charge is -2.30. The van der Waals surface area contributed by atoms with Crippen LogP contribution in [-0.2, 0) is 25.6 Å². The largest absolute Gasteiger partial charge is 0.493 e. The van der Waals surface area contributed by atoms with Crippen LogP contribution in [0.1, 0.15) is 30.9 Å². The third-order valence-electron chi connectivity index (χ3n) is 5.25. The molecule has 7 nitrogen and oxygen atoms in total. The van der Waals surface area contributed by atoms with Crippen molar-refractivity contribution < 1.29 is 32.9 Å². The molecule has 180 valence electrons. The number of halogens is 1. The van der Waals surface area contributed by atoms with Gasteiger partial charge in [-0.05, 0) is 49.2 Å². The first kappa shape index (κ1) is 24.8. The lowest BCUT2D eigenvalue weighted by Crippen LogP contribution is -2.29. The normalized spacial score (nSPS) is 13.6. The zero-order chi connectivity index (χ0) is 24.7. The van der Waals surface area contributed by atoms with Gasteiger partial charge in [-0.1, -0.05) is 18.2 Å². The van der Waals surface area contributed by atoms with Crippen LogP contribution in [0.4, 0.5) is 4.39 Å². The van der Waals surface area contributed by atoms with Crippen LogP contribution < -0.4 is 9.47 Å². The summed E-state index contributed by atoms with van der Waals surface area (Å²) in [6.45, 7) is 4.02. The second-order valence-electron chi connectivity index (χ2n) is 7.46. The van der Waals surface area contributed by atoms with E-state index in [0.717, 1.165) is 5.56 Å². The van der Waals surface area contributed by atoms with Crippen molar-refractivity contribution in [1.82, 2.24) is 4.90 Å². The molecule has 0 saturated heterocycles. The Kier molecular flexibility index (Phi) is 8.29. The molecule has 0 atom stereocenters. The summed E-state index contributed by atoms with van der Waals surface area (Å²) >= 11 is 0. The maximum atomic E-state index is 14.1. The molecule has 0 fully saturated rings. The third kappa shape index (κ3) is 5.57. The van der Waals surface area contributed by atoms with Gasteiger partial charge in [-0.25, -0.2) is 14.0 Å². The second kappa shape index (κ2) is 11.4. The van der Waals surface area contributed by atoms with Crippen molar-refractivity contribution in [3.05, 3.63) is 83.0 Å². The average molecular weight is 470 g/mol. The number of nitrogens with zero attached hydrogens (tertiary/aromatic N) is 1. The summed E-state index contributed by atoms with van der Waals surface area (Å²) in [7, 11) is 3.10. The number of carbonyl (C=O) groups is 2. The number of benzene rings is 2. The molecule has 0 amide bonds. The van der Waals surface area contributed by atoms with Gasteiger partial charge in [-0.15, -0.1) is 0 Å². The van der Waals surface area contributed by atoms with Crippen molar-refractivity contribution >= 4 is 11.9 Å². The molecule has 0 bridgehead atoms. The molecule has 2 aromatic rings. The van der Waals surface area contributed by atoms with Crippen LogP contribution in [0.5, 0.6) is 11.5 Å². The fraction of sp³-hybridized carbons (Fsp3) is 0.308. The van der Waals surface area contributed by atoms with E-state index < -0.39 is 23.7 Å². The van der Waals surface area contributed by atoms with Crippen LogP contribution in [0.3, 0.4) is 0 Å². The molecule has 8 heteroatoms. The van der Waals surface area contributed by atoms with Crippen molar-refractivity contribution in [3.63, 3.8) is 0 Å². The Hall–Kier alpha value is -3.81. The van der Waals surface area contributed by atoms with Crippen molar-refractivity contribution in [3.8, 4) is 11.5 Å². The van der Waals surface area contributed by atoms with Gasteiger partial charge in [0.25, 0.3) is 0 Å². The topological polar surface area (TPSA) is 74.3 Å². The highest BCUT2D eigenvalue weighted by atomic mass is 19.1. The summed E-state index contributed by atoms with van der Waals surface area (Å²) in [5, 5.41) is 0. The predicted octanol–water partition coefficient (Wildman–Crippen LogP) is 4.34. The zero-order valence-corrected chi connectivity index (χ0v) is 19.7. The molecular weight excluding hydrogens is 441 g/mol. The first-order valence-electron chi connectivity index (χ1n) is 10.9. The van der Waals surface area contributed by atoms with E-state index in [0.29, 0.717) is 23.6 Å². The van der Waals surface area contributed by atoms with Gasteiger partial charge in [-0.2, -0.15) is 0 Å². The van der Waals surface area contributed by atoms with Gasteiger partial charge in [0.1, 0.15) is 5.82 Å². The van der Waals surface area contributed by atoms with E-state index in [9.17, 15) is 14.0 Å². The molecule has 34 heavy (non-hydrogen) atoms. The first-order valence-corrected chi connectivity index (χ1v) is 10.9. The molecule has 0 aliphatic carbocycles. The molecule has 0 spiro atoms. The van der Waals surface area contributed by atoms with Crippen molar-refractivity contribution in [2.45, 2.75) is 26.3 Å². The van der Waals surface area contributed by atoms with E-state index >= 15 is 0 Å². The molecule has 0 radical (unpaired) electrons. The molecule has 0 saturated carbocycles. The summed E-state index contributed by atoms with van der Waals surface area (Å²) < 4.78 is 35.3. The van der Waals surface area contributed by atoms with E-state index in [4.69, 9.17) is 18.9 Å². The van der Waals surface area contributed by atoms with E-state index in [1.807, 2.05) is 12.1 Å². The number of ether oxygens (including phenoxy) is 4. The van der Waals surface area contributed by atoms with Crippen LogP contribution in [0.25, 0.3) is 0 Å². The molecular formula is C26H28FNO6. The Morgan fingerprint density at radius 3 is 2.03 bits per heavy atom. The summed E-state index contributed by atoms with van der Waals surface area (Å²) in [6.07, 6.45) is 3.24. The van der Waals surface area contributed by atoms with Crippen molar-refractivity contribution in [2.24, 2.45) is 0 Å². The van der Waals surface area contributed by atoms with Gasteiger partial charge in [0.05, 0.1) is 44.5 Å². The maximum Gasteiger partial charge on any atom is 0.336 e. The molecule has 2 aromatic carbocycles. The highest BCUT2D eigenvalue weighted by Crippen LogP contribution is 2.38. The second-order valence-corrected chi connectivity index (χ2v) is 7.46. The number of hydrogen-bond donors (Lipinski definition) is 0. The van der Waals surface area contributed by atoms with Gasteiger partial charge >= 0.3 is 11.9 Å². The van der Waals surface area contributed by atoms with Gasteiger partial charge in [0.15, 0.2) is 11.5 Å². The Labute approximate surface area is 198 Å². The highest BCUT2D eigenvalue weighted by Gasteiger charge is 2.35. The van der Waals surface area contributed by atoms with Crippen molar-refractivity contribution in [1.29, 1.82) is 0 Å². The third-order valence-corrected chi connectivity index (χ3v) is 5.25. The molecule has 1 aliphatic rings. The number of rotatable bonds is 9. The molecule has 1 aliphatic heterocycles. The zero-order valence-electron chi connectivity index (χ0n) is 19.7. The predicted molar refractivity (Wildman–Crippen MR) is 124 cm³/mol. The van der Waals surface area contributed by atoms with Crippen LogP contribution in [-0.4, -0.2) is 44.3 Å². The van der Waals surface area contributed by atoms with Crippen LogP contribution >= 0.6 is 0 Å². The first-order chi connectivity index (χ1) is 16.4. The van der Waals surface area contributed by atoms with E-state index in [-0.39, 0.29) is 24.4 Å². The van der Waals surface area contributed by atoms with E-state index in [1.54, 1.807) is 57.5 Å². The molecule has 0 aromatic heterocycles. The fourth-order valence-corrected chi connectivity index (χ4v) is 3.81. The average Bonchev–Trinajstić information content (AvgIpc) is 2.83.